The lowest BCUT2D eigenvalue weighted by Gasteiger charge is -2.43. The van der Waals surface area contributed by atoms with Crippen molar-refractivity contribution in [1.82, 2.24) is 0 Å². The Kier molecular flexibility index (Phi) is 11.7. The van der Waals surface area contributed by atoms with Gasteiger partial charge in [-0.2, -0.15) is 5.26 Å². The fourth-order valence-corrected chi connectivity index (χ4v) is 5.40. The van der Waals surface area contributed by atoms with Crippen LogP contribution in [0.4, 0.5) is 0 Å². The highest BCUT2D eigenvalue weighted by Gasteiger charge is 2.48. The molecule has 228 valence electrons. The summed E-state index contributed by atoms with van der Waals surface area (Å²) in [5, 5.41) is 9.71. The van der Waals surface area contributed by atoms with Crippen molar-refractivity contribution >= 4 is 17.6 Å². The van der Waals surface area contributed by atoms with Crippen LogP contribution >= 0.6 is 0 Å². The van der Waals surface area contributed by atoms with Crippen molar-refractivity contribution in [2.75, 3.05) is 19.8 Å². The van der Waals surface area contributed by atoms with Gasteiger partial charge in [-0.1, -0.05) is 58.6 Å². The highest BCUT2D eigenvalue weighted by atomic mass is 16.5. The second-order valence-corrected chi connectivity index (χ2v) is 13.6. The number of hydrogen-bond acceptors (Lipinski definition) is 6. The average molecular weight is 575 g/mol. The molecule has 0 radical (unpaired) electrons. The number of nitriles is 1. The van der Waals surface area contributed by atoms with E-state index >= 15 is 0 Å². The van der Waals surface area contributed by atoms with Crippen LogP contribution in [-0.4, -0.2) is 31.3 Å². The predicted octanol–water partition coefficient (Wildman–Crippen LogP) is 8.13. The highest BCUT2D eigenvalue weighted by Crippen LogP contribution is 2.41. The van der Waals surface area contributed by atoms with E-state index in [4.69, 9.17) is 19.9 Å². The Morgan fingerprint density at radius 1 is 0.952 bits per heavy atom. The van der Waals surface area contributed by atoms with E-state index in [0.717, 1.165) is 74.2 Å². The lowest BCUT2D eigenvalue weighted by molar-refractivity contribution is -0.161. The van der Waals surface area contributed by atoms with Gasteiger partial charge in [-0.15, -0.1) is 0 Å². The molecule has 0 saturated carbocycles. The minimum Gasteiger partial charge on any atom is -0.494 e. The maximum absolute atomic E-state index is 13.0. The van der Waals surface area contributed by atoms with Crippen molar-refractivity contribution in [2.24, 2.45) is 16.6 Å². The first kappa shape index (κ1) is 33.2. The number of rotatable bonds is 15. The summed E-state index contributed by atoms with van der Waals surface area (Å²) in [6.07, 6.45) is 9.72. The van der Waals surface area contributed by atoms with Crippen molar-refractivity contribution in [1.29, 1.82) is 5.26 Å². The van der Waals surface area contributed by atoms with E-state index in [-0.39, 0.29) is 11.4 Å². The van der Waals surface area contributed by atoms with Crippen molar-refractivity contribution < 1.29 is 19.0 Å². The fourth-order valence-electron chi connectivity index (χ4n) is 5.40. The molecule has 1 unspecified atom stereocenters. The van der Waals surface area contributed by atoms with E-state index in [1.165, 1.54) is 5.56 Å². The van der Waals surface area contributed by atoms with E-state index in [9.17, 15) is 10.1 Å². The molecule has 0 saturated heterocycles. The smallest absolute Gasteiger partial charge is 0.313 e. The SMILES string of the molecule is CC(C)(C)CC(C)(C(=O)OCCCCCCCCOc1ccc(C(C#N)=Cc2ccc3c(c2)OCC3)cc1)C(C)(C)N. The van der Waals surface area contributed by atoms with E-state index in [1.807, 2.05) is 63.2 Å². The van der Waals surface area contributed by atoms with E-state index in [1.54, 1.807) is 0 Å². The van der Waals surface area contributed by atoms with Crippen molar-refractivity contribution in [3.63, 3.8) is 0 Å². The van der Waals surface area contributed by atoms with Crippen LogP contribution in [0.1, 0.15) is 103 Å². The zero-order valence-electron chi connectivity index (χ0n) is 26.6. The summed E-state index contributed by atoms with van der Waals surface area (Å²) >= 11 is 0. The molecule has 3 rings (SSSR count). The monoisotopic (exact) mass is 574 g/mol. The normalized spacial score (nSPS) is 14.9. The second-order valence-electron chi connectivity index (χ2n) is 13.6. The molecule has 0 amide bonds. The molecule has 6 heteroatoms. The van der Waals surface area contributed by atoms with Gasteiger partial charge in [0.1, 0.15) is 11.5 Å². The maximum atomic E-state index is 13.0. The van der Waals surface area contributed by atoms with E-state index in [2.05, 4.69) is 32.9 Å². The summed E-state index contributed by atoms with van der Waals surface area (Å²) in [7, 11) is 0. The zero-order valence-corrected chi connectivity index (χ0v) is 26.6. The number of nitrogens with two attached hydrogens (primary N) is 1. The van der Waals surface area contributed by atoms with Gasteiger partial charge in [0.25, 0.3) is 0 Å². The number of carbonyl (C=O) groups is 1. The van der Waals surface area contributed by atoms with Crippen LogP contribution in [0.15, 0.2) is 42.5 Å². The number of esters is 1. The van der Waals surface area contributed by atoms with Gasteiger partial charge in [0.05, 0.1) is 36.9 Å². The number of carbonyl (C=O) groups excluding carboxylic acids is 1. The van der Waals surface area contributed by atoms with Gasteiger partial charge >= 0.3 is 5.97 Å². The molecule has 0 bridgehead atoms. The van der Waals surface area contributed by atoms with Crippen LogP contribution in [0.5, 0.6) is 11.5 Å². The number of allylic oxidation sites excluding steroid dienone is 1. The Morgan fingerprint density at radius 2 is 1.60 bits per heavy atom. The molecule has 0 spiro atoms. The molecular formula is C36H50N2O4. The maximum Gasteiger partial charge on any atom is 0.313 e. The number of nitrogens with zero attached hydrogens (tertiary/aromatic N) is 1. The quantitative estimate of drug-likeness (QED) is 0.0999. The molecule has 0 aromatic heterocycles. The zero-order chi connectivity index (χ0) is 30.8. The average Bonchev–Trinajstić information content (AvgIpc) is 3.39. The molecular weight excluding hydrogens is 524 g/mol. The molecule has 1 atom stereocenters. The summed E-state index contributed by atoms with van der Waals surface area (Å²) < 4.78 is 17.3. The lowest BCUT2D eigenvalue weighted by atomic mass is 9.65. The lowest BCUT2D eigenvalue weighted by Crippen LogP contribution is -2.55. The van der Waals surface area contributed by atoms with Gasteiger partial charge in [-0.3, -0.25) is 4.79 Å². The third-order valence-corrected chi connectivity index (χ3v) is 8.11. The number of unbranched alkanes of at least 4 members (excludes halogenated alkanes) is 5. The van der Waals surface area contributed by atoms with Gasteiger partial charge < -0.3 is 19.9 Å². The van der Waals surface area contributed by atoms with Crippen molar-refractivity contribution in [3.8, 4) is 17.6 Å². The summed E-state index contributed by atoms with van der Waals surface area (Å²) in [6, 6.07) is 16.1. The van der Waals surface area contributed by atoms with Crippen LogP contribution in [-0.2, 0) is 16.0 Å². The molecule has 2 N–H and O–H groups in total. The van der Waals surface area contributed by atoms with Gasteiger partial charge in [0.2, 0.25) is 0 Å². The first-order valence-electron chi connectivity index (χ1n) is 15.4. The van der Waals surface area contributed by atoms with Crippen LogP contribution in [0.3, 0.4) is 0 Å². The largest absolute Gasteiger partial charge is 0.494 e. The third kappa shape index (κ3) is 9.63. The van der Waals surface area contributed by atoms with Crippen LogP contribution in [0.25, 0.3) is 11.6 Å². The predicted molar refractivity (Wildman–Crippen MR) is 170 cm³/mol. The van der Waals surface area contributed by atoms with Gasteiger partial charge in [0, 0.05) is 12.0 Å². The van der Waals surface area contributed by atoms with Gasteiger partial charge in [0.15, 0.2) is 0 Å². The van der Waals surface area contributed by atoms with Crippen LogP contribution in [0.2, 0.25) is 0 Å². The Hall–Kier alpha value is -3.30. The molecule has 0 fully saturated rings. The fraction of sp³-hybridized carbons (Fsp3) is 0.556. The second kappa shape index (κ2) is 14.7. The summed E-state index contributed by atoms with van der Waals surface area (Å²) in [5.41, 5.74) is 8.66. The van der Waals surface area contributed by atoms with Crippen molar-refractivity contribution in [3.05, 3.63) is 59.2 Å². The number of benzene rings is 2. The topological polar surface area (TPSA) is 94.6 Å². The molecule has 1 aliphatic heterocycles. The minimum atomic E-state index is -0.724. The van der Waals surface area contributed by atoms with Gasteiger partial charge in [-0.25, -0.2) is 0 Å². The van der Waals surface area contributed by atoms with E-state index < -0.39 is 11.0 Å². The van der Waals surface area contributed by atoms with Gasteiger partial charge in [-0.05, 0) is 98.5 Å². The highest BCUT2D eigenvalue weighted by molar-refractivity contribution is 5.89. The van der Waals surface area contributed by atoms with Crippen LogP contribution < -0.4 is 15.2 Å². The Balaban J connectivity index is 1.31. The van der Waals surface area contributed by atoms with E-state index in [0.29, 0.717) is 25.2 Å². The molecule has 6 nitrogen and oxygen atoms in total. The first-order chi connectivity index (χ1) is 19.8. The molecule has 2 aromatic carbocycles. The number of hydrogen-bond donors (Lipinski definition) is 1. The standard InChI is InChI=1S/C36H50N2O4/c1-34(2,3)26-36(6,35(4,5)38)33(39)42-21-12-10-8-7-9-11-20-40-31-17-15-28(16-18-31)30(25-37)23-27-13-14-29-19-22-41-32(29)24-27/h13-18,23-24H,7-12,19-22,26,38H2,1-6H3. The molecule has 42 heavy (non-hydrogen) atoms. The van der Waals surface area contributed by atoms with Crippen molar-refractivity contribution in [2.45, 2.75) is 98.4 Å². The van der Waals surface area contributed by atoms with Crippen LogP contribution in [0, 0.1) is 22.2 Å². The first-order valence-corrected chi connectivity index (χ1v) is 15.4. The Morgan fingerprint density at radius 3 is 2.21 bits per heavy atom. The summed E-state index contributed by atoms with van der Waals surface area (Å²) in [5.74, 6) is 1.53. The molecule has 2 aromatic rings. The Labute approximate surface area is 253 Å². The molecule has 0 aliphatic carbocycles. The Bertz CT molecular complexity index is 1250. The molecule has 1 heterocycles. The molecule has 1 aliphatic rings. The number of fused-ring (bicyclic) bond motifs is 1. The number of ether oxygens (including phenoxy) is 3. The summed E-state index contributed by atoms with van der Waals surface area (Å²) in [4.78, 5) is 13.0. The minimum absolute atomic E-state index is 0.0190. The summed E-state index contributed by atoms with van der Waals surface area (Å²) in [6.45, 7) is 14.0. The third-order valence-electron chi connectivity index (χ3n) is 8.11.